The first-order valence-electron chi connectivity index (χ1n) is 10.2. The van der Waals surface area contributed by atoms with Gasteiger partial charge in [-0.1, -0.05) is 57.5 Å². The van der Waals surface area contributed by atoms with E-state index in [4.69, 9.17) is 4.74 Å². The first-order chi connectivity index (χ1) is 14.2. The van der Waals surface area contributed by atoms with Crippen molar-refractivity contribution in [1.29, 1.82) is 0 Å². The van der Waals surface area contributed by atoms with Gasteiger partial charge in [-0.25, -0.2) is 0 Å². The van der Waals surface area contributed by atoms with Crippen LogP contribution in [-0.2, 0) is 0 Å². The molecule has 0 unspecified atom stereocenters. The lowest BCUT2D eigenvalue weighted by Gasteiger charge is -2.16. The molecule has 0 saturated heterocycles. The highest BCUT2D eigenvalue weighted by molar-refractivity contribution is 8.11. The molecule has 162 valence electrons. The summed E-state index contributed by atoms with van der Waals surface area (Å²) < 4.78 is 6.00. The third kappa shape index (κ3) is 9.36. The normalized spacial score (nSPS) is 12.4. The fourth-order valence-corrected chi connectivity index (χ4v) is 2.97. The van der Waals surface area contributed by atoms with E-state index >= 15 is 0 Å². The Morgan fingerprint density at radius 3 is 2.37 bits per heavy atom. The van der Waals surface area contributed by atoms with Gasteiger partial charge < -0.3 is 10.1 Å². The Kier molecular flexibility index (Phi) is 11.1. The molecule has 0 heterocycles. The van der Waals surface area contributed by atoms with Crippen LogP contribution >= 0.6 is 11.8 Å². The Hall–Kier alpha value is -2.46. The molecular weight excluding hydrogens is 388 g/mol. The minimum Gasteiger partial charge on any atom is -0.493 e. The van der Waals surface area contributed by atoms with Crippen LogP contribution in [0.4, 0.5) is 0 Å². The summed E-state index contributed by atoms with van der Waals surface area (Å²) in [6.07, 6.45) is 5.82. The highest BCUT2D eigenvalue weighted by Gasteiger charge is 2.10. The average Bonchev–Trinajstić information content (AvgIpc) is 2.73. The molecular formula is C26H36N2OS. The van der Waals surface area contributed by atoms with Crippen LogP contribution in [0, 0.1) is 5.92 Å². The molecule has 0 radical (unpaired) electrons. The molecule has 0 saturated carbocycles. The van der Waals surface area contributed by atoms with Gasteiger partial charge in [0.25, 0.3) is 0 Å². The predicted octanol–water partition coefficient (Wildman–Crippen LogP) is 7.46. The van der Waals surface area contributed by atoms with Crippen molar-refractivity contribution in [3.63, 3.8) is 0 Å². The third-order valence-corrected chi connectivity index (χ3v) is 5.29. The van der Waals surface area contributed by atoms with E-state index in [9.17, 15) is 0 Å². The topological polar surface area (TPSA) is 33.6 Å². The fraction of sp³-hybridized carbons (Fsp3) is 0.346. The van der Waals surface area contributed by atoms with Crippen molar-refractivity contribution in [3.8, 4) is 5.75 Å². The van der Waals surface area contributed by atoms with Gasteiger partial charge in [-0.15, -0.1) is 0 Å². The summed E-state index contributed by atoms with van der Waals surface area (Å²) in [7, 11) is 0. The molecule has 30 heavy (non-hydrogen) atoms. The second kappa shape index (κ2) is 13.0. The summed E-state index contributed by atoms with van der Waals surface area (Å²) in [6.45, 7) is 26.1. The summed E-state index contributed by atoms with van der Waals surface area (Å²) in [5, 5.41) is 3.34. The van der Waals surface area contributed by atoms with Gasteiger partial charge in [-0.05, 0) is 67.9 Å². The monoisotopic (exact) mass is 424 g/mol. The maximum absolute atomic E-state index is 6.00. The zero-order valence-electron chi connectivity index (χ0n) is 19.3. The van der Waals surface area contributed by atoms with Crippen LogP contribution in [-0.4, -0.2) is 19.4 Å². The van der Waals surface area contributed by atoms with Crippen molar-refractivity contribution in [2.75, 3.05) is 13.2 Å². The number of thioether (sulfide) groups is 1. The Labute approximate surface area is 187 Å². The van der Waals surface area contributed by atoms with Crippen molar-refractivity contribution in [1.82, 2.24) is 5.32 Å². The summed E-state index contributed by atoms with van der Waals surface area (Å²) in [5.74, 6) is 1.27. The molecule has 0 bridgehead atoms. The molecule has 0 aliphatic rings. The van der Waals surface area contributed by atoms with Crippen LogP contribution in [0.3, 0.4) is 0 Å². The van der Waals surface area contributed by atoms with Gasteiger partial charge >= 0.3 is 0 Å². The lowest BCUT2D eigenvalue weighted by atomic mass is 10.1. The summed E-state index contributed by atoms with van der Waals surface area (Å²) in [6, 6.07) is 6.15. The van der Waals surface area contributed by atoms with Crippen LogP contribution in [0.25, 0.3) is 10.6 Å². The number of allylic oxidation sites excluding steroid dienone is 4. The minimum atomic E-state index is 0.449. The molecule has 0 fully saturated rings. The maximum atomic E-state index is 6.00. The van der Waals surface area contributed by atoms with Crippen molar-refractivity contribution >= 4 is 28.6 Å². The number of hydrogen-bond acceptors (Lipinski definition) is 4. The molecule has 1 aromatic carbocycles. The fourth-order valence-electron chi connectivity index (χ4n) is 2.23. The van der Waals surface area contributed by atoms with Crippen molar-refractivity contribution in [2.24, 2.45) is 10.9 Å². The summed E-state index contributed by atoms with van der Waals surface area (Å²) in [4.78, 5) is 6.54. The SMILES string of the molecule is C=C(/C=N\C(C)=C/C)CNC(=C)c1cc(OCC(C)C)cc(C(=C)S/C(C)=C\C)c1. The maximum Gasteiger partial charge on any atom is 0.120 e. The van der Waals surface area contributed by atoms with Gasteiger partial charge in [0.1, 0.15) is 5.75 Å². The second-order valence-corrected chi connectivity index (χ2v) is 8.89. The number of benzene rings is 1. The molecule has 0 spiro atoms. The predicted molar refractivity (Wildman–Crippen MR) is 137 cm³/mol. The smallest absolute Gasteiger partial charge is 0.120 e. The standard InChI is InChI=1S/C26H36N2OS/c1-10-20(6)27-15-19(5)16-28-22(8)24-12-25(23(9)30-21(7)11-2)14-26(13-24)29-17-18(3)4/h10-15,18,28H,5,8-9,16-17H2,1-4,6-7H3/b20-10-,21-11-,27-15-. The number of aliphatic imine (C=N–C) groups is 1. The van der Waals surface area contributed by atoms with Gasteiger partial charge in [0, 0.05) is 34.6 Å². The number of nitrogens with one attached hydrogen (secondary N) is 1. The summed E-state index contributed by atoms with van der Waals surface area (Å²) >= 11 is 1.66. The Balaban J connectivity index is 3.01. The van der Waals surface area contributed by atoms with E-state index in [0.717, 1.165) is 38.7 Å². The number of ether oxygens (including phenoxy) is 1. The molecule has 4 heteroatoms. The molecule has 1 aromatic rings. The Bertz CT molecular complexity index is 860. The highest BCUT2D eigenvalue weighted by Crippen LogP contribution is 2.35. The van der Waals surface area contributed by atoms with E-state index in [1.807, 2.05) is 39.0 Å². The van der Waals surface area contributed by atoms with E-state index < -0.39 is 0 Å². The van der Waals surface area contributed by atoms with Gasteiger partial charge in [0.15, 0.2) is 0 Å². The van der Waals surface area contributed by atoms with Crippen LogP contribution in [0.15, 0.2) is 71.3 Å². The Morgan fingerprint density at radius 1 is 1.10 bits per heavy atom. The zero-order chi connectivity index (χ0) is 22.7. The molecule has 0 aromatic heterocycles. The van der Waals surface area contributed by atoms with Gasteiger partial charge in [0.05, 0.1) is 6.61 Å². The van der Waals surface area contributed by atoms with Crippen LogP contribution in [0.1, 0.15) is 52.7 Å². The van der Waals surface area contributed by atoms with Gasteiger partial charge in [0.2, 0.25) is 0 Å². The van der Waals surface area contributed by atoms with E-state index in [1.165, 1.54) is 4.91 Å². The highest BCUT2D eigenvalue weighted by atomic mass is 32.2. The van der Waals surface area contributed by atoms with Crippen molar-refractivity contribution in [3.05, 3.63) is 77.4 Å². The lowest BCUT2D eigenvalue weighted by molar-refractivity contribution is 0.271. The third-order valence-electron chi connectivity index (χ3n) is 4.25. The molecule has 1 rings (SSSR count). The van der Waals surface area contributed by atoms with E-state index in [-0.39, 0.29) is 0 Å². The number of rotatable bonds is 12. The van der Waals surface area contributed by atoms with Crippen molar-refractivity contribution < 1.29 is 4.74 Å². The lowest BCUT2D eigenvalue weighted by Crippen LogP contribution is -2.15. The van der Waals surface area contributed by atoms with Gasteiger partial charge in [-0.2, -0.15) is 0 Å². The van der Waals surface area contributed by atoms with Crippen molar-refractivity contribution in [2.45, 2.75) is 41.5 Å². The number of nitrogens with zero attached hydrogens (tertiary/aromatic N) is 1. The van der Waals surface area contributed by atoms with E-state index in [2.05, 4.69) is 63.0 Å². The minimum absolute atomic E-state index is 0.449. The Morgan fingerprint density at radius 2 is 1.77 bits per heavy atom. The quantitative estimate of drug-likeness (QED) is 0.354. The molecule has 0 amide bonds. The van der Waals surface area contributed by atoms with Gasteiger partial charge in [-0.3, -0.25) is 4.99 Å². The first-order valence-corrected chi connectivity index (χ1v) is 11.0. The average molecular weight is 425 g/mol. The van der Waals surface area contributed by atoms with E-state index in [1.54, 1.807) is 18.0 Å². The number of hydrogen-bond donors (Lipinski definition) is 1. The molecule has 3 nitrogen and oxygen atoms in total. The molecule has 0 aliphatic carbocycles. The zero-order valence-corrected chi connectivity index (χ0v) is 20.2. The van der Waals surface area contributed by atoms with Crippen LogP contribution in [0.5, 0.6) is 5.75 Å². The molecule has 0 aliphatic heterocycles. The summed E-state index contributed by atoms with van der Waals surface area (Å²) in [5.41, 5.74) is 4.66. The largest absolute Gasteiger partial charge is 0.493 e. The first kappa shape index (κ1) is 25.6. The van der Waals surface area contributed by atoms with Crippen LogP contribution in [0.2, 0.25) is 0 Å². The molecule has 0 atom stereocenters. The second-order valence-electron chi connectivity index (χ2n) is 7.55. The van der Waals surface area contributed by atoms with E-state index in [0.29, 0.717) is 19.1 Å². The van der Waals surface area contributed by atoms with Crippen LogP contribution < -0.4 is 10.1 Å². The molecule has 1 N–H and O–H groups in total.